The largest absolute Gasteiger partial charge is 0.502 e. The smallest absolute Gasteiger partial charge is 0.227 e. The Hall–Kier alpha value is -3.32. The average Bonchev–Trinajstić information content (AvgIpc) is 2.69. The first-order valence-electron chi connectivity index (χ1n) is 7.90. The zero-order valence-electron chi connectivity index (χ0n) is 14.0. The lowest BCUT2D eigenvalue weighted by Crippen LogP contribution is -2.17. The summed E-state index contributed by atoms with van der Waals surface area (Å²) < 4.78 is 10.7. The van der Waals surface area contributed by atoms with Crippen molar-refractivity contribution in [3.63, 3.8) is 0 Å². The predicted octanol–water partition coefficient (Wildman–Crippen LogP) is 2.44. The Labute approximate surface area is 149 Å². The molecule has 7 heteroatoms. The van der Waals surface area contributed by atoms with Crippen LogP contribution in [0.1, 0.15) is 23.3 Å². The molecule has 26 heavy (non-hydrogen) atoms. The normalized spacial score (nSPS) is 11.8. The summed E-state index contributed by atoms with van der Waals surface area (Å²) in [5.74, 6) is 0.205. The van der Waals surface area contributed by atoms with E-state index < -0.39 is 23.8 Å². The number of ether oxygens (including phenoxy) is 1. The van der Waals surface area contributed by atoms with E-state index in [0.29, 0.717) is 17.1 Å². The number of nitrogens with zero attached hydrogens (tertiary/aromatic N) is 1. The van der Waals surface area contributed by atoms with Crippen molar-refractivity contribution < 1.29 is 19.4 Å². The second kappa shape index (κ2) is 7.71. The maximum atomic E-state index is 12.0. The molecule has 2 aromatic heterocycles. The van der Waals surface area contributed by atoms with Gasteiger partial charge in [0, 0.05) is 18.0 Å². The van der Waals surface area contributed by atoms with Gasteiger partial charge in [0.05, 0.1) is 12.8 Å². The van der Waals surface area contributed by atoms with Crippen LogP contribution in [0, 0.1) is 0 Å². The number of aromatic nitrogens is 1. The first-order valence-corrected chi connectivity index (χ1v) is 7.90. The van der Waals surface area contributed by atoms with Crippen molar-refractivity contribution in [3.05, 3.63) is 82.2 Å². The second-order valence-electron chi connectivity index (χ2n) is 5.51. The van der Waals surface area contributed by atoms with E-state index in [1.165, 1.54) is 0 Å². The summed E-state index contributed by atoms with van der Waals surface area (Å²) in [6.45, 7) is -0.458. The summed E-state index contributed by atoms with van der Waals surface area (Å²) in [5.41, 5.74) is 0.613. The molecule has 0 fully saturated rings. The summed E-state index contributed by atoms with van der Waals surface area (Å²) in [5, 5.41) is 22.7. The van der Waals surface area contributed by atoms with E-state index in [0.717, 1.165) is 6.07 Å². The van der Waals surface area contributed by atoms with Gasteiger partial charge in [0.2, 0.25) is 11.2 Å². The lowest BCUT2D eigenvalue weighted by atomic mass is 10.1. The van der Waals surface area contributed by atoms with Crippen molar-refractivity contribution in [2.75, 3.05) is 12.4 Å². The van der Waals surface area contributed by atoms with E-state index >= 15 is 0 Å². The molecule has 0 aliphatic rings. The molecule has 1 aromatic carbocycles. The third kappa shape index (κ3) is 3.68. The zero-order valence-corrected chi connectivity index (χ0v) is 14.0. The molecule has 0 unspecified atom stereocenters. The monoisotopic (exact) mass is 354 g/mol. The molecule has 0 saturated heterocycles. The average molecular weight is 354 g/mol. The molecule has 0 amide bonds. The molecule has 0 saturated carbocycles. The van der Waals surface area contributed by atoms with Gasteiger partial charge in [-0.2, -0.15) is 0 Å². The molecule has 1 atom stereocenters. The topological polar surface area (TPSA) is 105 Å². The quantitative estimate of drug-likeness (QED) is 0.624. The van der Waals surface area contributed by atoms with Crippen molar-refractivity contribution in [2.24, 2.45) is 0 Å². The Bertz CT molecular complexity index is 923. The minimum absolute atomic E-state index is 0.0175. The maximum absolute atomic E-state index is 12.0. The molecule has 3 aromatic rings. The number of anilines is 1. The molecule has 3 rings (SSSR count). The van der Waals surface area contributed by atoms with Crippen molar-refractivity contribution in [3.8, 4) is 11.5 Å². The maximum Gasteiger partial charge on any atom is 0.227 e. The van der Waals surface area contributed by atoms with E-state index in [2.05, 4.69) is 10.3 Å². The van der Waals surface area contributed by atoms with Gasteiger partial charge in [-0.25, -0.2) is 0 Å². The Morgan fingerprint density at radius 1 is 1.23 bits per heavy atom. The van der Waals surface area contributed by atoms with Crippen LogP contribution in [0.4, 0.5) is 5.69 Å². The van der Waals surface area contributed by atoms with Crippen LogP contribution in [-0.2, 0) is 6.61 Å². The third-order valence-electron chi connectivity index (χ3n) is 3.80. The number of aliphatic hydroxyl groups excluding tert-OH is 1. The number of benzene rings is 1. The van der Waals surface area contributed by atoms with Gasteiger partial charge < -0.3 is 24.7 Å². The highest BCUT2D eigenvalue weighted by Crippen LogP contribution is 2.31. The van der Waals surface area contributed by atoms with E-state index in [4.69, 9.17) is 9.15 Å². The lowest BCUT2D eigenvalue weighted by Gasteiger charge is -2.20. The highest BCUT2D eigenvalue weighted by Gasteiger charge is 2.24. The molecular formula is C19H18N2O5. The molecule has 2 heterocycles. The van der Waals surface area contributed by atoms with Crippen LogP contribution < -0.4 is 15.5 Å². The van der Waals surface area contributed by atoms with Gasteiger partial charge >= 0.3 is 0 Å². The first-order chi connectivity index (χ1) is 12.6. The molecule has 0 aliphatic heterocycles. The Morgan fingerprint density at radius 3 is 2.62 bits per heavy atom. The SMILES string of the molecule is COc1ccc(N[C@@H](c2ccccn2)c2oc(CO)cc(=O)c2O)cc1. The molecule has 0 aliphatic carbocycles. The number of nitrogens with one attached hydrogen (secondary N) is 1. The number of hydrogen-bond acceptors (Lipinski definition) is 7. The number of hydrogen-bond donors (Lipinski definition) is 3. The molecule has 3 N–H and O–H groups in total. The highest BCUT2D eigenvalue weighted by molar-refractivity contribution is 5.50. The number of rotatable bonds is 6. The van der Waals surface area contributed by atoms with Crippen molar-refractivity contribution in [1.29, 1.82) is 0 Å². The molecule has 7 nitrogen and oxygen atoms in total. The summed E-state index contributed by atoms with van der Waals surface area (Å²) >= 11 is 0. The Morgan fingerprint density at radius 2 is 2.00 bits per heavy atom. The van der Waals surface area contributed by atoms with Crippen LogP contribution in [0.5, 0.6) is 11.5 Å². The highest BCUT2D eigenvalue weighted by atomic mass is 16.5. The third-order valence-corrected chi connectivity index (χ3v) is 3.80. The standard InChI is InChI=1S/C19H18N2O5/c1-25-13-7-5-12(6-8-13)21-17(15-4-2-3-9-20-15)19-18(24)16(23)10-14(11-22)26-19/h2-10,17,21-22,24H,11H2,1H3/t17-/m0/s1. The van der Waals surface area contributed by atoms with Crippen molar-refractivity contribution in [1.82, 2.24) is 4.98 Å². The fourth-order valence-corrected chi connectivity index (χ4v) is 2.50. The predicted molar refractivity (Wildman–Crippen MR) is 95.3 cm³/mol. The lowest BCUT2D eigenvalue weighted by molar-refractivity contribution is 0.234. The fraction of sp³-hybridized carbons (Fsp3) is 0.158. The van der Waals surface area contributed by atoms with Gasteiger partial charge in [0.25, 0.3) is 0 Å². The van der Waals surface area contributed by atoms with Gasteiger partial charge in [0.15, 0.2) is 5.76 Å². The number of aliphatic hydroxyl groups is 1. The van der Waals surface area contributed by atoms with Gasteiger partial charge in [-0.1, -0.05) is 6.07 Å². The van der Waals surface area contributed by atoms with Crippen LogP contribution in [0.2, 0.25) is 0 Å². The fourth-order valence-electron chi connectivity index (χ4n) is 2.50. The Balaban J connectivity index is 2.07. The van der Waals surface area contributed by atoms with Crippen molar-refractivity contribution in [2.45, 2.75) is 12.6 Å². The summed E-state index contributed by atoms with van der Waals surface area (Å²) in [7, 11) is 1.58. The minimum atomic E-state index is -0.733. The number of methoxy groups -OCH3 is 1. The summed E-state index contributed by atoms with van der Waals surface area (Å²) in [6, 6.07) is 12.7. The zero-order chi connectivity index (χ0) is 18.5. The molecular weight excluding hydrogens is 336 g/mol. The van der Waals surface area contributed by atoms with Gasteiger partial charge in [-0.3, -0.25) is 9.78 Å². The second-order valence-corrected chi connectivity index (χ2v) is 5.51. The van der Waals surface area contributed by atoms with Crippen LogP contribution in [-0.4, -0.2) is 22.3 Å². The van der Waals surface area contributed by atoms with Crippen molar-refractivity contribution >= 4 is 5.69 Å². The van der Waals surface area contributed by atoms with E-state index in [1.54, 1.807) is 55.8 Å². The van der Waals surface area contributed by atoms with Crippen LogP contribution in [0.15, 0.2) is 63.9 Å². The van der Waals surface area contributed by atoms with E-state index in [-0.39, 0.29) is 11.5 Å². The summed E-state index contributed by atoms with van der Waals surface area (Å²) in [6.07, 6.45) is 1.60. The number of aromatic hydroxyl groups is 1. The van der Waals surface area contributed by atoms with E-state index in [9.17, 15) is 15.0 Å². The van der Waals surface area contributed by atoms with Gasteiger partial charge in [0.1, 0.15) is 24.2 Å². The minimum Gasteiger partial charge on any atom is -0.502 e. The molecule has 0 radical (unpaired) electrons. The van der Waals surface area contributed by atoms with Gasteiger partial charge in [-0.15, -0.1) is 0 Å². The molecule has 134 valence electrons. The van der Waals surface area contributed by atoms with Crippen LogP contribution in [0.25, 0.3) is 0 Å². The summed E-state index contributed by atoms with van der Waals surface area (Å²) in [4.78, 5) is 16.3. The first kappa shape index (κ1) is 17.5. The van der Waals surface area contributed by atoms with E-state index in [1.807, 2.05) is 0 Å². The Kier molecular flexibility index (Phi) is 5.19. The van der Waals surface area contributed by atoms with Crippen LogP contribution in [0.3, 0.4) is 0 Å². The molecule has 0 bridgehead atoms. The number of pyridine rings is 1. The van der Waals surface area contributed by atoms with Gasteiger partial charge in [-0.05, 0) is 36.4 Å². The molecule has 0 spiro atoms. The van der Waals surface area contributed by atoms with Crippen LogP contribution >= 0.6 is 0 Å².